The third-order valence-electron chi connectivity index (χ3n) is 3.69. The minimum atomic E-state index is -0.567. The average molecular weight is 298 g/mol. The molecule has 0 fully saturated rings. The Labute approximate surface area is 130 Å². The predicted molar refractivity (Wildman–Crippen MR) is 87.9 cm³/mol. The van der Waals surface area contributed by atoms with Crippen molar-refractivity contribution in [3.05, 3.63) is 0 Å². The molecular weight excluding hydrogens is 264 g/mol. The molecule has 0 aliphatic heterocycles. The Kier molecular flexibility index (Phi) is 14.6. The van der Waals surface area contributed by atoms with E-state index in [0.29, 0.717) is 6.54 Å². The number of primary amides is 1. The smallest absolute Gasteiger partial charge is 0.229 e. The van der Waals surface area contributed by atoms with Gasteiger partial charge in [0, 0.05) is 6.54 Å². The van der Waals surface area contributed by atoms with E-state index in [1.165, 1.54) is 64.2 Å². The van der Waals surface area contributed by atoms with E-state index >= 15 is 0 Å². The molecule has 0 unspecified atom stereocenters. The van der Waals surface area contributed by atoms with E-state index in [9.17, 15) is 9.59 Å². The maximum Gasteiger partial charge on any atom is 0.229 e. The molecule has 21 heavy (non-hydrogen) atoms. The average Bonchev–Trinajstić information content (AvgIpc) is 2.43. The van der Waals surface area contributed by atoms with Crippen LogP contribution in [0.1, 0.15) is 90.4 Å². The molecule has 0 aromatic rings. The molecule has 0 aliphatic rings. The Morgan fingerprint density at radius 2 is 1.19 bits per heavy atom. The van der Waals surface area contributed by atoms with Crippen LogP contribution >= 0.6 is 0 Å². The van der Waals surface area contributed by atoms with Crippen molar-refractivity contribution in [3.63, 3.8) is 0 Å². The van der Waals surface area contributed by atoms with Gasteiger partial charge in [-0.1, -0.05) is 77.6 Å². The van der Waals surface area contributed by atoms with Gasteiger partial charge in [-0.15, -0.1) is 0 Å². The van der Waals surface area contributed by atoms with Gasteiger partial charge in [-0.2, -0.15) is 0 Å². The highest BCUT2D eigenvalue weighted by molar-refractivity contribution is 5.95. The topological polar surface area (TPSA) is 72.2 Å². The zero-order chi connectivity index (χ0) is 15.8. The number of unbranched alkanes of at least 4 members (excludes halogenated alkanes) is 11. The molecule has 0 aromatic carbocycles. The highest BCUT2D eigenvalue weighted by Crippen LogP contribution is 2.11. The Bertz CT molecular complexity index is 268. The van der Waals surface area contributed by atoms with Gasteiger partial charge in [-0.3, -0.25) is 9.59 Å². The van der Waals surface area contributed by atoms with Crippen LogP contribution in [-0.2, 0) is 9.59 Å². The first kappa shape index (κ1) is 19.9. The fraction of sp³-hybridized carbons (Fsp3) is 0.882. The maximum absolute atomic E-state index is 11.1. The van der Waals surface area contributed by atoms with Gasteiger partial charge in [-0.25, -0.2) is 0 Å². The quantitative estimate of drug-likeness (QED) is 0.357. The molecule has 4 nitrogen and oxygen atoms in total. The molecule has 0 atom stereocenters. The monoisotopic (exact) mass is 298 g/mol. The molecule has 0 bridgehead atoms. The summed E-state index contributed by atoms with van der Waals surface area (Å²) in [6.45, 7) is 2.91. The van der Waals surface area contributed by atoms with Crippen LogP contribution in [0.4, 0.5) is 0 Å². The summed E-state index contributed by atoms with van der Waals surface area (Å²) in [5.74, 6) is -0.826. The third-order valence-corrected chi connectivity index (χ3v) is 3.69. The summed E-state index contributed by atoms with van der Waals surface area (Å²) < 4.78 is 0. The second kappa shape index (κ2) is 15.3. The second-order valence-electron chi connectivity index (χ2n) is 5.88. The van der Waals surface area contributed by atoms with Crippen molar-refractivity contribution in [2.24, 2.45) is 5.73 Å². The van der Waals surface area contributed by atoms with E-state index in [1.807, 2.05) is 0 Å². The van der Waals surface area contributed by atoms with Gasteiger partial charge in [-0.05, 0) is 6.42 Å². The lowest BCUT2D eigenvalue weighted by Crippen LogP contribution is -2.29. The second-order valence-corrected chi connectivity index (χ2v) is 5.88. The number of hydrogen-bond acceptors (Lipinski definition) is 2. The minimum absolute atomic E-state index is 0.196. The molecule has 0 aromatic heterocycles. The highest BCUT2D eigenvalue weighted by atomic mass is 16.2. The fourth-order valence-electron chi connectivity index (χ4n) is 2.41. The number of nitrogens with two attached hydrogens (primary N) is 1. The number of amides is 2. The van der Waals surface area contributed by atoms with Gasteiger partial charge in [0.15, 0.2) is 0 Å². The summed E-state index contributed by atoms with van der Waals surface area (Å²) in [5, 5.41) is 2.71. The summed E-state index contributed by atoms with van der Waals surface area (Å²) >= 11 is 0. The largest absolute Gasteiger partial charge is 0.369 e. The number of hydrogen-bond donors (Lipinski definition) is 2. The Hall–Kier alpha value is -1.06. The zero-order valence-corrected chi connectivity index (χ0v) is 13.8. The summed E-state index contributed by atoms with van der Waals surface area (Å²) in [6, 6.07) is 0. The Morgan fingerprint density at radius 3 is 1.62 bits per heavy atom. The van der Waals surface area contributed by atoms with E-state index in [2.05, 4.69) is 12.2 Å². The first-order valence-electron chi connectivity index (χ1n) is 8.71. The molecule has 0 heterocycles. The maximum atomic E-state index is 11.1. The number of carbonyl (C=O) groups excluding carboxylic acids is 2. The number of nitrogens with one attached hydrogen (secondary N) is 1. The van der Waals surface area contributed by atoms with Crippen LogP contribution in [0, 0.1) is 0 Å². The van der Waals surface area contributed by atoms with Crippen molar-refractivity contribution < 1.29 is 9.59 Å². The normalized spacial score (nSPS) is 10.5. The van der Waals surface area contributed by atoms with Gasteiger partial charge in [0.05, 0.1) is 0 Å². The van der Waals surface area contributed by atoms with E-state index in [0.717, 1.165) is 12.8 Å². The van der Waals surface area contributed by atoms with Gasteiger partial charge < -0.3 is 11.1 Å². The van der Waals surface area contributed by atoms with Crippen molar-refractivity contribution in [3.8, 4) is 0 Å². The van der Waals surface area contributed by atoms with Crippen molar-refractivity contribution in [1.82, 2.24) is 5.32 Å². The van der Waals surface area contributed by atoms with Crippen LogP contribution in [0.25, 0.3) is 0 Å². The van der Waals surface area contributed by atoms with Gasteiger partial charge in [0.1, 0.15) is 6.42 Å². The molecule has 3 N–H and O–H groups in total. The van der Waals surface area contributed by atoms with Crippen LogP contribution in [0.15, 0.2) is 0 Å². The Morgan fingerprint density at radius 1 is 0.762 bits per heavy atom. The first-order valence-corrected chi connectivity index (χ1v) is 8.71. The summed E-state index contributed by atoms with van der Waals surface area (Å²) in [7, 11) is 0. The molecule has 0 spiro atoms. The van der Waals surface area contributed by atoms with E-state index < -0.39 is 5.91 Å². The lowest BCUT2D eigenvalue weighted by molar-refractivity contribution is -0.127. The number of carbonyl (C=O) groups is 2. The van der Waals surface area contributed by atoms with E-state index in [1.54, 1.807) is 0 Å². The summed E-state index contributed by atoms with van der Waals surface area (Å²) in [6.07, 6.45) is 15.5. The minimum Gasteiger partial charge on any atom is -0.369 e. The van der Waals surface area contributed by atoms with Crippen molar-refractivity contribution in [2.45, 2.75) is 90.4 Å². The lowest BCUT2D eigenvalue weighted by atomic mass is 10.1. The molecule has 4 heteroatoms. The fourth-order valence-corrected chi connectivity index (χ4v) is 2.41. The molecule has 2 amide bonds. The van der Waals surface area contributed by atoms with Crippen molar-refractivity contribution in [1.29, 1.82) is 0 Å². The van der Waals surface area contributed by atoms with Gasteiger partial charge >= 0.3 is 0 Å². The van der Waals surface area contributed by atoms with Gasteiger partial charge in [0.25, 0.3) is 0 Å². The van der Waals surface area contributed by atoms with Crippen molar-refractivity contribution in [2.75, 3.05) is 6.54 Å². The van der Waals surface area contributed by atoms with Crippen LogP contribution in [-0.4, -0.2) is 18.4 Å². The molecule has 0 aliphatic carbocycles. The number of rotatable bonds is 15. The molecule has 0 radical (unpaired) electrons. The van der Waals surface area contributed by atoms with Crippen LogP contribution in [0.3, 0.4) is 0 Å². The third kappa shape index (κ3) is 16.9. The van der Waals surface area contributed by atoms with Crippen LogP contribution in [0.2, 0.25) is 0 Å². The van der Waals surface area contributed by atoms with Crippen molar-refractivity contribution >= 4 is 11.8 Å². The van der Waals surface area contributed by atoms with Crippen LogP contribution < -0.4 is 11.1 Å². The highest BCUT2D eigenvalue weighted by Gasteiger charge is 2.03. The first-order chi connectivity index (χ1) is 10.2. The molecule has 0 rings (SSSR count). The molecule has 0 saturated carbocycles. The standard InChI is InChI=1S/C17H34N2O2/c1-2-3-4-5-6-7-8-9-10-11-12-13-14-19-17(21)15-16(18)20/h2-15H2,1H3,(H2,18,20)(H,19,21). The Balaban J connectivity index is 3.09. The zero-order valence-electron chi connectivity index (χ0n) is 13.8. The van der Waals surface area contributed by atoms with E-state index in [-0.39, 0.29) is 12.3 Å². The lowest BCUT2D eigenvalue weighted by Gasteiger charge is -2.04. The predicted octanol–water partition coefficient (Wildman–Crippen LogP) is 3.68. The van der Waals surface area contributed by atoms with Gasteiger partial charge in [0.2, 0.25) is 11.8 Å². The van der Waals surface area contributed by atoms with Crippen LogP contribution in [0.5, 0.6) is 0 Å². The molecule has 124 valence electrons. The SMILES string of the molecule is CCCCCCCCCCCCCCNC(=O)CC(N)=O. The van der Waals surface area contributed by atoms with E-state index in [4.69, 9.17) is 5.73 Å². The molecule has 0 saturated heterocycles. The summed E-state index contributed by atoms with van der Waals surface area (Å²) in [5.41, 5.74) is 4.94. The molecular formula is C17H34N2O2. The summed E-state index contributed by atoms with van der Waals surface area (Å²) in [4.78, 5) is 21.6.